The third-order valence-corrected chi connectivity index (χ3v) is 5.20. The van der Waals surface area contributed by atoms with Gasteiger partial charge in [0.05, 0.1) is 18.1 Å². The van der Waals surface area contributed by atoms with Crippen LogP contribution in [0.2, 0.25) is 0 Å². The van der Waals surface area contributed by atoms with Crippen molar-refractivity contribution >= 4 is 21.7 Å². The quantitative estimate of drug-likeness (QED) is 0.396. The van der Waals surface area contributed by atoms with Crippen molar-refractivity contribution in [3.63, 3.8) is 0 Å². The van der Waals surface area contributed by atoms with Crippen LogP contribution in [-0.4, -0.2) is 18.7 Å². The summed E-state index contributed by atoms with van der Waals surface area (Å²) in [5, 5.41) is 2.44. The molecule has 0 aliphatic carbocycles. The summed E-state index contributed by atoms with van der Waals surface area (Å²) in [4.78, 5) is 14.7. The van der Waals surface area contributed by atoms with Gasteiger partial charge in [0.15, 0.2) is 0 Å². The fourth-order valence-corrected chi connectivity index (χ4v) is 3.79. The van der Waals surface area contributed by atoms with E-state index in [9.17, 15) is 4.79 Å². The van der Waals surface area contributed by atoms with Gasteiger partial charge in [-0.1, -0.05) is 30.3 Å². The Balaban J connectivity index is 1.54. The highest BCUT2D eigenvalue weighted by Gasteiger charge is 2.22. The number of rotatable bonds is 3. The average Bonchev–Trinajstić information content (AvgIpc) is 2.74. The summed E-state index contributed by atoms with van der Waals surface area (Å²) < 4.78 is 16.9. The Morgan fingerprint density at radius 1 is 0.964 bits per heavy atom. The van der Waals surface area contributed by atoms with Crippen molar-refractivity contribution in [1.29, 1.82) is 0 Å². The molecule has 0 spiro atoms. The zero-order chi connectivity index (χ0) is 19.1. The van der Waals surface area contributed by atoms with Gasteiger partial charge in [-0.3, -0.25) is 4.90 Å². The lowest BCUT2D eigenvalue weighted by molar-refractivity contribution is 0.0890. The molecule has 0 atom stereocenters. The number of hydrogen-bond acceptors (Lipinski definition) is 5. The second-order valence-electron chi connectivity index (χ2n) is 6.96. The molecule has 1 aliphatic rings. The number of nitrogens with zero attached hydrogens (tertiary/aromatic N) is 1. The van der Waals surface area contributed by atoms with Crippen molar-refractivity contribution in [2.24, 2.45) is 0 Å². The molecule has 4 aromatic rings. The van der Waals surface area contributed by atoms with Crippen molar-refractivity contribution in [2.75, 3.05) is 13.8 Å². The molecule has 0 unspecified atom stereocenters. The van der Waals surface area contributed by atoms with Gasteiger partial charge in [-0.2, -0.15) is 0 Å². The Labute approximate surface area is 161 Å². The monoisotopic (exact) mass is 373 g/mol. The Morgan fingerprint density at radius 3 is 2.54 bits per heavy atom. The Morgan fingerprint density at radius 2 is 1.75 bits per heavy atom. The van der Waals surface area contributed by atoms with Gasteiger partial charge in [0, 0.05) is 18.5 Å². The predicted octanol–water partition coefficient (Wildman–Crippen LogP) is 4.31. The van der Waals surface area contributed by atoms with E-state index in [0.717, 1.165) is 34.4 Å². The molecular formula is C23H19NO4. The molecule has 3 aromatic carbocycles. The normalized spacial score (nSPS) is 14.0. The molecule has 0 N–H and O–H groups in total. The highest BCUT2D eigenvalue weighted by atomic mass is 16.5. The molecule has 0 radical (unpaired) electrons. The van der Waals surface area contributed by atoms with Crippen molar-refractivity contribution in [3.05, 3.63) is 82.2 Å². The van der Waals surface area contributed by atoms with Gasteiger partial charge in [-0.05, 0) is 41.3 Å². The van der Waals surface area contributed by atoms with Crippen molar-refractivity contribution in [1.82, 2.24) is 4.90 Å². The Kier molecular flexibility index (Phi) is 4.02. The average molecular weight is 373 g/mol. The molecule has 1 aromatic heterocycles. The lowest BCUT2D eigenvalue weighted by Crippen LogP contribution is -2.31. The third-order valence-electron chi connectivity index (χ3n) is 5.20. The van der Waals surface area contributed by atoms with E-state index in [0.29, 0.717) is 24.2 Å². The molecule has 0 saturated carbocycles. The second kappa shape index (κ2) is 6.69. The highest BCUT2D eigenvalue weighted by Crippen LogP contribution is 2.34. The van der Waals surface area contributed by atoms with E-state index in [-0.39, 0.29) is 5.63 Å². The first kappa shape index (κ1) is 16.8. The molecule has 5 rings (SSSR count). The van der Waals surface area contributed by atoms with Gasteiger partial charge >= 0.3 is 5.63 Å². The topological polar surface area (TPSA) is 51.9 Å². The summed E-state index contributed by atoms with van der Waals surface area (Å²) in [6.45, 7) is 1.87. The van der Waals surface area contributed by atoms with Crippen LogP contribution in [0.15, 0.2) is 69.9 Å². The van der Waals surface area contributed by atoms with E-state index in [1.54, 1.807) is 13.2 Å². The van der Waals surface area contributed by atoms with E-state index in [4.69, 9.17) is 13.9 Å². The van der Waals surface area contributed by atoms with Crippen LogP contribution in [0, 0.1) is 0 Å². The molecule has 0 fully saturated rings. The molecule has 0 bridgehead atoms. The van der Waals surface area contributed by atoms with E-state index >= 15 is 0 Å². The standard InChI is InChI=1S/C23H19NO4/c1-26-16-8-6-15(7-9-16)12-24-13-20-21(27-14-24)11-10-18-17-4-2-3-5-19(17)23(25)28-22(18)20/h2-11H,12-14H2,1H3. The number of fused-ring (bicyclic) bond motifs is 5. The minimum absolute atomic E-state index is 0.316. The molecule has 5 heteroatoms. The minimum Gasteiger partial charge on any atom is -0.497 e. The van der Waals surface area contributed by atoms with Crippen LogP contribution >= 0.6 is 0 Å². The van der Waals surface area contributed by atoms with Gasteiger partial charge in [-0.25, -0.2) is 4.79 Å². The molecular weight excluding hydrogens is 354 g/mol. The second-order valence-corrected chi connectivity index (χ2v) is 6.96. The summed E-state index contributed by atoms with van der Waals surface area (Å²) in [5.74, 6) is 1.61. The van der Waals surface area contributed by atoms with E-state index in [1.807, 2.05) is 54.6 Å². The highest BCUT2D eigenvalue weighted by molar-refractivity contribution is 6.05. The lowest BCUT2D eigenvalue weighted by Gasteiger charge is -2.29. The maximum atomic E-state index is 12.5. The summed E-state index contributed by atoms with van der Waals surface area (Å²) in [6.07, 6.45) is 0. The minimum atomic E-state index is -0.316. The Hall–Kier alpha value is -3.31. The smallest absolute Gasteiger partial charge is 0.344 e. The van der Waals surface area contributed by atoms with Gasteiger partial charge in [0.25, 0.3) is 0 Å². The molecule has 28 heavy (non-hydrogen) atoms. The molecule has 140 valence electrons. The van der Waals surface area contributed by atoms with E-state index in [1.165, 1.54) is 5.56 Å². The zero-order valence-electron chi connectivity index (χ0n) is 15.5. The lowest BCUT2D eigenvalue weighted by atomic mass is 10.0. The first-order valence-electron chi connectivity index (χ1n) is 9.18. The van der Waals surface area contributed by atoms with Crippen LogP contribution in [0.3, 0.4) is 0 Å². The van der Waals surface area contributed by atoms with Crippen LogP contribution in [0.5, 0.6) is 11.5 Å². The predicted molar refractivity (Wildman–Crippen MR) is 108 cm³/mol. The first-order chi connectivity index (χ1) is 13.7. The van der Waals surface area contributed by atoms with Crippen molar-refractivity contribution < 1.29 is 13.9 Å². The first-order valence-corrected chi connectivity index (χ1v) is 9.18. The Bertz CT molecular complexity index is 1230. The molecule has 0 saturated heterocycles. The maximum absolute atomic E-state index is 12.5. The van der Waals surface area contributed by atoms with E-state index < -0.39 is 0 Å². The van der Waals surface area contributed by atoms with Crippen LogP contribution in [-0.2, 0) is 13.1 Å². The number of ether oxygens (including phenoxy) is 2. The number of methoxy groups -OCH3 is 1. The molecule has 5 nitrogen and oxygen atoms in total. The van der Waals surface area contributed by atoms with Crippen LogP contribution in [0.4, 0.5) is 0 Å². The summed E-state index contributed by atoms with van der Waals surface area (Å²) >= 11 is 0. The third kappa shape index (κ3) is 2.80. The van der Waals surface area contributed by atoms with Crippen LogP contribution in [0.1, 0.15) is 11.1 Å². The maximum Gasteiger partial charge on any atom is 0.344 e. The fourth-order valence-electron chi connectivity index (χ4n) is 3.79. The van der Waals surface area contributed by atoms with Crippen molar-refractivity contribution in [3.8, 4) is 11.5 Å². The van der Waals surface area contributed by atoms with Crippen molar-refractivity contribution in [2.45, 2.75) is 13.1 Å². The SMILES string of the molecule is COc1ccc(CN2COc3ccc4c(oc(=O)c5ccccc54)c3C2)cc1. The van der Waals surface area contributed by atoms with Gasteiger partial charge < -0.3 is 13.9 Å². The number of benzene rings is 3. The molecule has 1 aliphatic heterocycles. The largest absolute Gasteiger partial charge is 0.497 e. The summed E-state index contributed by atoms with van der Waals surface area (Å²) in [7, 11) is 1.66. The van der Waals surface area contributed by atoms with Gasteiger partial charge in [0.1, 0.15) is 23.8 Å². The molecule has 0 amide bonds. The summed E-state index contributed by atoms with van der Waals surface area (Å²) in [6, 6.07) is 19.5. The van der Waals surface area contributed by atoms with Gasteiger partial charge in [0.2, 0.25) is 0 Å². The number of hydrogen-bond donors (Lipinski definition) is 0. The van der Waals surface area contributed by atoms with Gasteiger partial charge in [-0.15, -0.1) is 0 Å². The van der Waals surface area contributed by atoms with E-state index in [2.05, 4.69) is 4.90 Å². The molecule has 2 heterocycles. The van der Waals surface area contributed by atoms with Crippen LogP contribution in [0.25, 0.3) is 21.7 Å². The zero-order valence-corrected chi connectivity index (χ0v) is 15.5. The fraction of sp³-hybridized carbons (Fsp3) is 0.174. The summed E-state index contributed by atoms with van der Waals surface area (Å²) in [5.41, 5.74) is 2.38. The van der Waals surface area contributed by atoms with Crippen LogP contribution < -0.4 is 15.1 Å².